The Bertz CT molecular complexity index is 771. The first kappa shape index (κ1) is 19.6. The van der Waals surface area contributed by atoms with Crippen LogP contribution in [0.25, 0.3) is 0 Å². The highest BCUT2D eigenvalue weighted by Crippen LogP contribution is 2.18. The van der Waals surface area contributed by atoms with Crippen molar-refractivity contribution in [2.75, 3.05) is 26.7 Å². The average molecular weight is 363 g/mol. The van der Waals surface area contributed by atoms with Crippen LogP contribution in [-0.4, -0.2) is 58.6 Å². The Morgan fingerprint density at radius 2 is 1.61 bits per heavy atom. The molecule has 0 saturated carbocycles. The van der Waals surface area contributed by atoms with Crippen LogP contribution >= 0.6 is 0 Å². The summed E-state index contributed by atoms with van der Waals surface area (Å²) in [6.07, 6.45) is 0. The Morgan fingerprint density at radius 1 is 1.09 bits per heavy atom. The van der Waals surface area contributed by atoms with E-state index in [1.165, 1.54) is 30.1 Å². The predicted octanol–water partition coefficient (Wildman–Crippen LogP) is -0.177. The van der Waals surface area contributed by atoms with Gasteiger partial charge in [0.15, 0.2) is 0 Å². The Balaban J connectivity index is 3.10. The van der Waals surface area contributed by atoms with E-state index in [1.54, 1.807) is 13.8 Å². The summed E-state index contributed by atoms with van der Waals surface area (Å²) >= 11 is 0. The van der Waals surface area contributed by atoms with Gasteiger partial charge in [0.2, 0.25) is 26.0 Å². The molecule has 0 fully saturated rings. The highest BCUT2D eigenvalue weighted by atomic mass is 32.2. The second-order valence-corrected chi connectivity index (χ2v) is 8.45. The van der Waals surface area contributed by atoms with Crippen molar-refractivity contribution >= 4 is 26.0 Å². The van der Waals surface area contributed by atoms with Gasteiger partial charge in [-0.1, -0.05) is 6.07 Å². The molecule has 10 heteroatoms. The van der Waals surface area contributed by atoms with Crippen molar-refractivity contribution in [1.29, 1.82) is 0 Å². The van der Waals surface area contributed by atoms with Gasteiger partial charge < -0.3 is 4.90 Å². The average Bonchev–Trinajstić information content (AvgIpc) is 2.47. The topological polar surface area (TPSA) is 118 Å². The number of rotatable bonds is 7. The number of amides is 1. The van der Waals surface area contributed by atoms with Crippen LogP contribution in [0.2, 0.25) is 0 Å². The van der Waals surface area contributed by atoms with Crippen LogP contribution < -0.4 is 5.14 Å². The molecule has 1 aromatic rings. The molecule has 0 saturated heterocycles. The minimum absolute atomic E-state index is 0.237. The highest BCUT2D eigenvalue weighted by Gasteiger charge is 2.25. The molecule has 0 aliphatic rings. The van der Waals surface area contributed by atoms with Crippen LogP contribution in [0.5, 0.6) is 0 Å². The summed E-state index contributed by atoms with van der Waals surface area (Å²) in [6, 6.07) is 4.72. The Kier molecular flexibility index (Phi) is 6.28. The Hall–Kier alpha value is -1.49. The molecule has 0 aromatic heterocycles. The van der Waals surface area contributed by atoms with Crippen LogP contribution in [0, 0.1) is 0 Å². The first-order chi connectivity index (χ1) is 10.5. The maximum atomic E-state index is 12.5. The van der Waals surface area contributed by atoms with Crippen LogP contribution in [0.3, 0.4) is 0 Å². The maximum absolute atomic E-state index is 12.5. The number of nitrogens with zero attached hydrogens (tertiary/aromatic N) is 2. The van der Waals surface area contributed by atoms with E-state index < -0.39 is 20.0 Å². The van der Waals surface area contributed by atoms with Crippen molar-refractivity contribution in [1.82, 2.24) is 9.21 Å². The third kappa shape index (κ3) is 4.74. The lowest BCUT2D eigenvalue weighted by Gasteiger charge is -2.23. The third-order valence-electron chi connectivity index (χ3n) is 3.32. The van der Waals surface area contributed by atoms with Crippen LogP contribution in [0.4, 0.5) is 0 Å². The molecule has 0 bridgehead atoms. The van der Waals surface area contributed by atoms with Crippen LogP contribution in [-0.2, 0) is 24.8 Å². The van der Waals surface area contributed by atoms with Crippen LogP contribution in [0.15, 0.2) is 34.1 Å². The molecule has 1 rings (SSSR count). The molecule has 0 aliphatic heterocycles. The van der Waals surface area contributed by atoms with Gasteiger partial charge in [0.1, 0.15) is 0 Å². The largest absolute Gasteiger partial charge is 0.342 e. The number of sulfonamides is 2. The number of likely N-dealkylation sites (N-methyl/N-ethyl adjacent to an activating group) is 2. The summed E-state index contributed by atoms with van der Waals surface area (Å²) in [5, 5.41) is 5.00. The van der Waals surface area contributed by atoms with E-state index in [2.05, 4.69) is 0 Å². The van der Waals surface area contributed by atoms with Gasteiger partial charge in [-0.2, -0.15) is 4.31 Å². The van der Waals surface area contributed by atoms with Crippen molar-refractivity contribution in [3.05, 3.63) is 24.3 Å². The molecule has 130 valence electrons. The smallest absolute Gasteiger partial charge is 0.243 e. The SMILES string of the molecule is CCN(CC)C(=O)CN(C)S(=O)(=O)c1cccc(S(N)(=O)=O)c1. The second-order valence-electron chi connectivity index (χ2n) is 4.85. The highest BCUT2D eigenvalue weighted by molar-refractivity contribution is 7.90. The van der Waals surface area contributed by atoms with Crippen molar-refractivity contribution in [3.63, 3.8) is 0 Å². The fourth-order valence-electron chi connectivity index (χ4n) is 1.94. The summed E-state index contributed by atoms with van der Waals surface area (Å²) in [5.41, 5.74) is 0. The molecular formula is C13H21N3O5S2. The summed E-state index contributed by atoms with van der Waals surface area (Å²) in [6.45, 7) is 4.22. The molecule has 0 aliphatic carbocycles. The zero-order valence-corrected chi connectivity index (χ0v) is 14.9. The van der Waals surface area contributed by atoms with Gasteiger partial charge in [-0.05, 0) is 32.0 Å². The molecule has 8 nitrogen and oxygen atoms in total. The van der Waals surface area contributed by atoms with E-state index >= 15 is 0 Å². The standard InChI is InChI=1S/C13H21N3O5S2/c1-4-16(5-2)13(17)10-15(3)23(20,21)12-8-6-7-11(9-12)22(14,18)19/h6-9H,4-5,10H2,1-3H3,(H2,14,18,19). The van der Waals surface area contributed by atoms with E-state index in [-0.39, 0.29) is 22.2 Å². The molecule has 1 aromatic carbocycles. The summed E-state index contributed by atoms with van der Waals surface area (Å²) < 4.78 is 48.5. The first-order valence-corrected chi connectivity index (χ1v) is 9.89. The fraction of sp³-hybridized carbons (Fsp3) is 0.462. The number of carbonyl (C=O) groups is 1. The van der Waals surface area contributed by atoms with Crippen molar-refractivity contribution in [2.24, 2.45) is 5.14 Å². The van der Waals surface area contributed by atoms with Gasteiger partial charge in [0, 0.05) is 20.1 Å². The maximum Gasteiger partial charge on any atom is 0.243 e. The number of primary sulfonamides is 1. The van der Waals surface area contributed by atoms with Crippen molar-refractivity contribution in [2.45, 2.75) is 23.6 Å². The molecule has 1 amide bonds. The Morgan fingerprint density at radius 3 is 2.09 bits per heavy atom. The van der Waals surface area contributed by atoms with Gasteiger partial charge in [0.25, 0.3) is 0 Å². The van der Waals surface area contributed by atoms with Gasteiger partial charge in [-0.3, -0.25) is 4.79 Å². The molecule has 0 spiro atoms. The fourth-order valence-corrected chi connectivity index (χ4v) is 3.74. The molecule has 0 radical (unpaired) electrons. The normalized spacial score (nSPS) is 12.4. The van der Waals surface area contributed by atoms with E-state index in [4.69, 9.17) is 5.14 Å². The van der Waals surface area contributed by atoms with E-state index in [1.807, 2.05) is 0 Å². The van der Waals surface area contributed by atoms with Gasteiger partial charge in [-0.15, -0.1) is 0 Å². The number of benzene rings is 1. The van der Waals surface area contributed by atoms with Gasteiger partial charge in [0.05, 0.1) is 16.3 Å². The van der Waals surface area contributed by atoms with Gasteiger partial charge in [-0.25, -0.2) is 22.0 Å². The summed E-state index contributed by atoms with van der Waals surface area (Å²) in [7, 11) is -6.75. The lowest BCUT2D eigenvalue weighted by molar-refractivity contribution is -0.130. The van der Waals surface area contributed by atoms with E-state index in [0.29, 0.717) is 13.1 Å². The summed E-state index contributed by atoms with van der Waals surface area (Å²) in [5.74, 6) is -0.330. The number of hydrogen-bond donors (Lipinski definition) is 1. The molecule has 0 atom stereocenters. The van der Waals surface area contributed by atoms with Crippen molar-refractivity contribution < 1.29 is 21.6 Å². The molecule has 2 N–H and O–H groups in total. The Labute approximate surface area is 137 Å². The first-order valence-electron chi connectivity index (χ1n) is 6.91. The monoisotopic (exact) mass is 363 g/mol. The summed E-state index contributed by atoms with van der Waals surface area (Å²) in [4.78, 5) is 13.0. The number of nitrogens with two attached hydrogens (primary N) is 1. The quantitative estimate of drug-likeness (QED) is 0.721. The molecule has 0 heterocycles. The zero-order chi connectivity index (χ0) is 17.8. The third-order valence-corrected chi connectivity index (χ3v) is 6.03. The van der Waals surface area contributed by atoms with E-state index in [9.17, 15) is 21.6 Å². The number of carbonyl (C=O) groups excluding carboxylic acids is 1. The second kappa shape index (κ2) is 7.39. The zero-order valence-electron chi connectivity index (χ0n) is 13.3. The minimum atomic E-state index is -4.01. The molecule has 23 heavy (non-hydrogen) atoms. The molecular weight excluding hydrogens is 342 g/mol. The minimum Gasteiger partial charge on any atom is -0.342 e. The van der Waals surface area contributed by atoms with E-state index in [0.717, 1.165) is 10.4 Å². The molecule has 0 unspecified atom stereocenters. The van der Waals surface area contributed by atoms with Crippen LogP contribution in [0.1, 0.15) is 13.8 Å². The lowest BCUT2D eigenvalue weighted by atomic mass is 10.4. The number of hydrogen-bond acceptors (Lipinski definition) is 5. The van der Waals surface area contributed by atoms with Crippen molar-refractivity contribution in [3.8, 4) is 0 Å². The van der Waals surface area contributed by atoms with Gasteiger partial charge >= 0.3 is 0 Å². The predicted molar refractivity (Wildman–Crippen MR) is 85.6 cm³/mol. The lowest BCUT2D eigenvalue weighted by Crippen LogP contribution is -2.41.